The zero-order chi connectivity index (χ0) is 24.5. The van der Waals surface area contributed by atoms with Crippen LogP contribution in [0.15, 0.2) is 48.5 Å². The molecule has 2 rings (SSSR count). The second-order valence-corrected chi connectivity index (χ2v) is 6.85. The summed E-state index contributed by atoms with van der Waals surface area (Å²) in [6.45, 7) is 0.481. The van der Waals surface area contributed by atoms with E-state index >= 15 is 0 Å². The molecule has 0 saturated carbocycles. The van der Waals surface area contributed by atoms with Crippen molar-refractivity contribution in [2.24, 2.45) is 5.73 Å². The van der Waals surface area contributed by atoms with Crippen LogP contribution in [0.5, 0.6) is 0 Å². The van der Waals surface area contributed by atoms with Gasteiger partial charge in [-0.05, 0) is 37.3 Å². The van der Waals surface area contributed by atoms with Crippen molar-refractivity contribution < 1.29 is 33.2 Å². The lowest BCUT2D eigenvalue weighted by Crippen LogP contribution is -2.42. The average molecular weight is 460 g/mol. The third kappa shape index (κ3) is 7.38. The summed E-state index contributed by atoms with van der Waals surface area (Å²) in [6.07, 6.45) is -0.174. The van der Waals surface area contributed by atoms with Crippen LogP contribution in [0.2, 0.25) is 0 Å². The third-order valence-electron chi connectivity index (χ3n) is 4.38. The fourth-order valence-corrected chi connectivity index (χ4v) is 2.68. The van der Waals surface area contributed by atoms with Crippen molar-refractivity contribution in [3.05, 3.63) is 70.0 Å². The van der Waals surface area contributed by atoms with Crippen LogP contribution in [0, 0.1) is 15.9 Å². The smallest absolute Gasteiger partial charge is 0.328 e. The predicted octanol–water partition coefficient (Wildman–Crippen LogP) is 1.30. The van der Waals surface area contributed by atoms with Crippen LogP contribution < -0.4 is 16.0 Å². The molecule has 11 nitrogen and oxygen atoms in total. The van der Waals surface area contributed by atoms with E-state index in [1.807, 2.05) is 0 Å². The first-order chi connectivity index (χ1) is 15.6. The van der Waals surface area contributed by atoms with Gasteiger partial charge in [0.15, 0.2) is 6.61 Å². The molecule has 1 atom stereocenters. The standard InChI is InChI=1S/C21H21FN4O7/c1-13(24-20(29)14-3-2-4-17(11-14)26(31)32)21(30)33-12-19(28)25(10-9-18(23)27)16-7-5-15(22)6-8-16/h2-8,11,13H,9-10,12H2,1H3,(H2,23,27)(H,24,29)/t13-/m0/s1. The van der Waals surface area contributed by atoms with Crippen LogP contribution in [0.4, 0.5) is 15.8 Å². The van der Waals surface area contributed by atoms with Gasteiger partial charge in [-0.15, -0.1) is 0 Å². The van der Waals surface area contributed by atoms with Gasteiger partial charge in [0.2, 0.25) is 5.91 Å². The molecule has 3 N–H and O–H groups in total. The number of nitro groups is 1. The first kappa shape index (κ1) is 24.9. The number of esters is 1. The zero-order valence-electron chi connectivity index (χ0n) is 17.5. The van der Waals surface area contributed by atoms with E-state index in [9.17, 15) is 33.7 Å². The Labute approximate surface area is 187 Å². The van der Waals surface area contributed by atoms with E-state index in [1.54, 1.807) is 0 Å². The Morgan fingerprint density at radius 3 is 2.45 bits per heavy atom. The number of nitrogens with one attached hydrogen (secondary N) is 1. The number of nitro benzene ring substituents is 1. The first-order valence-corrected chi connectivity index (χ1v) is 9.64. The van der Waals surface area contributed by atoms with Gasteiger partial charge in [-0.3, -0.25) is 24.5 Å². The van der Waals surface area contributed by atoms with Crippen LogP contribution >= 0.6 is 0 Å². The molecule has 174 valence electrons. The number of anilines is 1. The monoisotopic (exact) mass is 460 g/mol. The fraction of sp³-hybridized carbons (Fsp3) is 0.238. The molecule has 0 aliphatic carbocycles. The van der Waals surface area contributed by atoms with Gasteiger partial charge in [-0.25, -0.2) is 9.18 Å². The number of ether oxygens (including phenoxy) is 1. The highest BCUT2D eigenvalue weighted by atomic mass is 19.1. The SMILES string of the molecule is C[C@H](NC(=O)c1cccc([N+](=O)[O-])c1)C(=O)OCC(=O)N(CCC(N)=O)c1ccc(F)cc1. The van der Waals surface area contributed by atoms with E-state index in [1.165, 1.54) is 37.3 Å². The number of carbonyl (C=O) groups excluding carboxylic acids is 4. The number of halogens is 1. The highest BCUT2D eigenvalue weighted by Gasteiger charge is 2.23. The summed E-state index contributed by atoms with van der Waals surface area (Å²) >= 11 is 0. The maximum absolute atomic E-state index is 13.2. The second kappa shape index (κ2) is 11.3. The molecule has 0 aromatic heterocycles. The summed E-state index contributed by atoms with van der Waals surface area (Å²) in [6, 6.07) is 8.63. The Kier molecular flexibility index (Phi) is 8.55. The largest absolute Gasteiger partial charge is 0.454 e. The van der Waals surface area contributed by atoms with Crippen LogP contribution in [-0.4, -0.2) is 47.8 Å². The number of benzene rings is 2. The van der Waals surface area contributed by atoms with Crippen molar-refractivity contribution in [1.82, 2.24) is 5.32 Å². The lowest BCUT2D eigenvalue weighted by molar-refractivity contribution is -0.384. The van der Waals surface area contributed by atoms with Gasteiger partial charge in [-0.1, -0.05) is 6.07 Å². The molecule has 0 bridgehead atoms. The van der Waals surface area contributed by atoms with Crippen LogP contribution in [0.3, 0.4) is 0 Å². The molecule has 2 aromatic rings. The highest BCUT2D eigenvalue weighted by molar-refractivity contribution is 5.98. The maximum Gasteiger partial charge on any atom is 0.328 e. The number of carbonyl (C=O) groups is 4. The Hall–Kier alpha value is -4.35. The molecular weight excluding hydrogens is 439 g/mol. The van der Waals surface area contributed by atoms with E-state index in [0.29, 0.717) is 0 Å². The normalized spacial score (nSPS) is 11.2. The molecular formula is C21H21FN4O7. The minimum Gasteiger partial charge on any atom is -0.454 e. The molecule has 12 heteroatoms. The second-order valence-electron chi connectivity index (χ2n) is 6.85. The Bertz CT molecular complexity index is 1060. The highest BCUT2D eigenvalue weighted by Crippen LogP contribution is 2.16. The lowest BCUT2D eigenvalue weighted by atomic mass is 10.2. The minimum absolute atomic E-state index is 0.0335. The van der Waals surface area contributed by atoms with E-state index in [-0.39, 0.29) is 29.9 Å². The van der Waals surface area contributed by atoms with Crippen LogP contribution in [-0.2, 0) is 19.1 Å². The van der Waals surface area contributed by atoms with Crippen LogP contribution in [0.25, 0.3) is 0 Å². The molecule has 0 heterocycles. The molecule has 0 aliphatic heterocycles. The number of non-ortho nitro benzene ring substituents is 1. The van der Waals surface area contributed by atoms with Gasteiger partial charge in [0.1, 0.15) is 11.9 Å². The molecule has 0 saturated heterocycles. The van der Waals surface area contributed by atoms with Crippen molar-refractivity contribution >= 4 is 35.1 Å². The van der Waals surface area contributed by atoms with Gasteiger partial charge in [0, 0.05) is 36.3 Å². The fourth-order valence-electron chi connectivity index (χ4n) is 2.68. The Morgan fingerprint density at radius 1 is 1.18 bits per heavy atom. The average Bonchev–Trinajstić information content (AvgIpc) is 2.78. The van der Waals surface area contributed by atoms with Gasteiger partial charge >= 0.3 is 5.97 Å². The number of rotatable bonds is 10. The molecule has 3 amide bonds. The van der Waals surface area contributed by atoms with E-state index in [2.05, 4.69) is 5.32 Å². The number of amides is 3. The van der Waals surface area contributed by atoms with Crippen molar-refractivity contribution in [1.29, 1.82) is 0 Å². The number of hydrogen-bond donors (Lipinski definition) is 2. The summed E-state index contributed by atoms with van der Waals surface area (Å²) < 4.78 is 18.1. The number of hydrogen-bond acceptors (Lipinski definition) is 7. The summed E-state index contributed by atoms with van der Waals surface area (Å²) in [5, 5.41) is 13.2. The first-order valence-electron chi connectivity index (χ1n) is 9.64. The van der Waals surface area contributed by atoms with Gasteiger partial charge < -0.3 is 20.7 Å². The maximum atomic E-state index is 13.2. The molecule has 2 aromatic carbocycles. The minimum atomic E-state index is -1.17. The molecule has 0 radical (unpaired) electrons. The summed E-state index contributed by atoms with van der Waals surface area (Å²) in [5.41, 5.74) is 5.07. The van der Waals surface area contributed by atoms with Crippen molar-refractivity contribution in [2.45, 2.75) is 19.4 Å². The van der Waals surface area contributed by atoms with Gasteiger partial charge in [0.05, 0.1) is 4.92 Å². The number of primary amides is 1. The molecule has 0 unspecified atom stereocenters. The van der Waals surface area contributed by atoms with E-state index in [4.69, 9.17) is 10.5 Å². The summed E-state index contributed by atoms with van der Waals surface area (Å²) in [5.74, 6) is -3.57. The number of nitrogens with zero attached hydrogens (tertiary/aromatic N) is 2. The number of nitrogens with two attached hydrogens (primary N) is 1. The quantitative estimate of drug-likeness (QED) is 0.307. The van der Waals surface area contributed by atoms with Crippen LogP contribution in [0.1, 0.15) is 23.7 Å². The van der Waals surface area contributed by atoms with Crippen molar-refractivity contribution in [3.8, 4) is 0 Å². The molecule has 33 heavy (non-hydrogen) atoms. The van der Waals surface area contributed by atoms with Crippen molar-refractivity contribution in [2.75, 3.05) is 18.1 Å². The zero-order valence-corrected chi connectivity index (χ0v) is 17.5. The third-order valence-corrected chi connectivity index (χ3v) is 4.38. The lowest BCUT2D eigenvalue weighted by Gasteiger charge is -2.22. The van der Waals surface area contributed by atoms with Gasteiger partial charge in [-0.2, -0.15) is 0 Å². The van der Waals surface area contributed by atoms with Gasteiger partial charge in [0.25, 0.3) is 17.5 Å². The van der Waals surface area contributed by atoms with E-state index < -0.39 is 47.1 Å². The molecule has 0 aliphatic rings. The molecule has 0 spiro atoms. The summed E-state index contributed by atoms with van der Waals surface area (Å²) in [7, 11) is 0. The van der Waals surface area contributed by atoms with E-state index in [0.717, 1.165) is 23.1 Å². The topological polar surface area (TPSA) is 162 Å². The molecule has 0 fully saturated rings. The Balaban J connectivity index is 1.98. The van der Waals surface area contributed by atoms with Crippen molar-refractivity contribution in [3.63, 3.8) is 0 Å². The predicted molar refractivity (Wildman–Crippen MR) is 114 cm³/mol. The summed E-state index contributed by atoms with van der Waals surface area (Å²) in [4.78, 5) is 59.4. The Morgan fingerprint density at radius 2 is 1.85 bits per heavy atom.